The Labute approximate surface area is 110 Å². The van der Waals surface area contributed by atoms with Gasteiger partial charge in [-0.25, -0.2) is 15.4 Å². The van der Waals surface area contributed by atoms with Gasteiger partial charge in [0.05, 0.1) is 6.33 Å². The van der Waals surface area contributed by atoms with Gasteiger partial charge >= 0.3 is 5.97 Å². The monoisotopic (exact) mass is 267 g/mol. The van der Waals surface area contributed by atoms with E-state index in [1.165, 1.54) is 6.33 Å². The number of primary amides is 1. The van der Waals surface area contributed by atoms with Crippen LogP contribution in [-0.2, 0) is 16.0 Å². The molecule has 104 valence electrons. The van der Waals surface area contributed by atoms with Crippen LogP contribution in [0.2, 0.25) is 0 Å². The highest BCUT2D eigenvalue weighted by molar-refractivity contribution is 5.80. The second kappa shape index (κ2) is 5.81. The summed E-state index contributed by atoms with van der Waals surface area (Å²) in [5.74, 6) is -1.42. The molecule has 0 aromatic carbocycles. The number of nitrogens with zero attached hydrogens (tertiary/aromatic N) is 2. The summed E-state index contributed by atoms with van der Waals surface area (Å²) >= 11 is 0. The van der Waals surface area contributed by atoms with Gasteiger partial charge in [0.1, 0.15) is 12.1 Å². The molecule has 1 aromatic heterocycles. The van der Waals surface area contributed by atoms with Gasteiger partial charge < -0.3 is 15.8 Å². The lowest BCUT2D eigenvalue weighted by Crippen LogP contribution is -2.54. The normalized spacial score (nSPS) is 21.4. The molecule has 1 aromatic rings. The lowest BCUT2D eigenvalue weighted by atomic mass is 10.2. The van der Waals surface area contributed by atoms with E-state index in [1.807, 2.05) is 0 Å². The van der Waals surface area contributed by atoms with E-state index in [0.29, 0.717) is 13.0 Å². The summed E-state index contributed by atoms with van der Waals surface area (Å²) in [5, 5.41) is 10.8. The number of amides is 1. The second-order valence-corrected chi connectivity index (χ2v) is 4.55. The molecule has 5 N–H and O–H groups in total. The Morgan fingerprint density at radius 3 is 3.05 bits per heavy atom. The van der Waals surface area contributed by atoms with E-state index in [2.05, 4.69) is 15.4 Å². The number of aromatic amines is 1. The molecule has 19 heavy (non-hydrogen) atoms. The van der Waals surface area contributed by atoms with Crippen molar-refractivity contribution in [2.45, 2.75) is 31.3 Å². The summed E-state index contributed by atoms with van der Waals surface area (Å²) in [6.45, 7) is 0.611. The molecular weight excluding hydrogens is 250 g/mol. The molecule has 0 radical (unpaired) electrons. The zero-order valence-electron chi connectivity index (χ0n) is 10.4. The Morgan fingerprint density at radius 2 is 2.47 bits per heavy atom. The summed E-state index contributed by atoms with van der Waals surface area (Å²) in [7, 11) is 0. The summed E-state index contributed by atoms with van der Waals surface area (Å²) < 4.78 is 0. The summed E-state index contributed by atoms with van der Waals surface area (Å²) in [4.78, 5) is 29.2. The molecule has 2 rings (SSSR count). The summed E-state index contributed by atoms with van der Waals surface area (Å²) in [6, 6.07) is -1.26. The largest absolute Gasteiger partial charge is 0.480 e. The molecule has 2 atom stereocenters. The number of aliphatic carboxylic acids is 1. The number of H-pyrrole nitrogens is 1. The Bertz CT molecular complexity index is 447. The van der Waals surface area contributed by atoms with Crippen molar-refractivity contribution in [2.24, 2.45) is 5.73 Å². The number of nitrogens with two attached hydrogens (primary N) is 1. The first kappa shape index (κ1) is 13.5. The number of hydrazine groups is 1. The Morgan fingerprint density at radius 1 is 1.68 bits per heavy atom. The van der Waals surface area contributed by atoms with Gasteiger partial charge in [-0.2, -0.15) is 0 Å². The molecule has 1 amide bonds. The van der Waals surface area contributed by atoms with Crippen molar-refractivity contribution in [3.63, 3.8) is 0 Å². The quantitative estimate of drug-likeness (QED) is 0.516. The highest BCUT2D eigenvalue weighted by atomic mass is 16.4. The van der Waals surface area contributed by atoms with Crippen LogP contribution in [0.4, 0.5) is 0 Å². The molecule has 8 nitrogen and oxygen atoms in total. The lowest BCUT2D eigenvalue weighted by molar-refractivity contribution is -0.142. The van der Waals surface area contributed by atoms with Crippen molar-refractivity contribution >= 4 is 11.9 Å². The average molecular weight is 267 g/mol. The smallest absolute Gasteiger partial charge is 0.322 e. The molecule has 1 fully saturated rings. The molecule has 0 bridgehead atoms. The molecular formula is C11H17N5O3. The van der Waals surface area contributed by atoms with Gasteiger partial charge in [-0.05, 0) is 12.8 Å². The van der Waals surface area contributed by atoms with Gasteiger partial charge in [0.25, 0.3) is 0 Å². The highest BCUT2D eigenvalue weighted by Gasteiger charge is 2.32. The lowest BCUT2D eigenvalue weighted by Gasteiger charge is -2.26. The van der Waals surface area contributed by atoms with Crippen LogP contribution < -0.4 is 11.2 Å². The number of rotatable bonds is 6. The molecule has 2 heterocycles. The fraction of sp³-hybridized carbons (Fsp3) is 0.545. The number of hydrogen-bond acceptors (Lipinski definition) is 5. The minimum Gasteiger partial charge on any atom is -0.480 e. The predicted molar refractivity (Wildman–Crippen MR) is 65.8 cm³/mol. The van der Waals surface area contributed by atoms with Crippen LogP contribution in [0.3, 0.4) is 0 Å². The van der Waals surface area contributed by atoms with Gasteiger partial charge in [0.15, 0.2) is 0 Å². The number of aromatic nitrogens is 2. The van der Waals surface area contributed by atoms with Crippen LogP contribution in [0.25, 0.3) is 0 Å². The predicted octanol–water partition coefficient (Wildman–Crippen LogP) is -1.14. The standard InChI is InChI=1S/C11H17N5O3/c12-10(17)9-2-1-3-16(9)15-8(11(18)19)4-7-5-13-6-14-7/h5-6,8-9,15H,1-4H2,(H2,12,17)(H,13,14)(H,18,19)/t8-,9-/m0/s1. The van der Waals surface area contributed by atoms with Crippen molar-refractivity contribution in [3.05, 3.63) is 18.2 Å². The molecule has 0 spiro atoms. The van der Waals surface area contributed by atoms with E-state index in [1.54, 1.807) is 11.2 Å². The minimum absolute atomic E-state index is 0.261. The van der Waals surface area contributed by atoms with E-state index in [9.17, 15) is 14.7 Å². The average Bonchev–Trinajstić information content (AvgIpc) is 2.98. The Kier molecular flexibility index (Phi) is 4.13. The van der Waals surface area contributed by atoms with Crippen molar-refractivity contribution < 1.29 is 14.7 Å². The van der Waals surface area contributed by atoms with Gasteiger partial charge in [0.2, 0.25) is 5.91 Å². The van der Waals surface area contributed by atoms with Gasteiger partial charge in [-0.1, -0.05) is 0 Å². The van der Waals surface area contributed by atoms with Crippen LogP contribution in [-0.4, -0.2) is 50.6 Å². The first-order chi connectivity index (χ1) is 9.08. The van der Waals surface area contributed by atoms with Crippen molar-refractivity contribution in [1.82, 2.24) is 20.4 Å². The zero-order chi connectivity index (χ0) is 13.8. The Balaban J connectivity index is 2.00. The maximum Gasteiger partial charge on any atom is 0.322 e. The summed E-state index contributed by atoms with van der Waals surface area (Å²) in [6.07, 6.45) is 4.80. The highest BCUT2D eigenvalue weighted by Crippen LogP contribution is 2.15. The van der Waals surface area contributed by atoms with Crippen LogP contribution in [0, 0.1) is 0 Å². The zero-order valence-corrected chi connectivity index (χ0v) is 10.4. The third-order valence-corrected chi connectivity index (χ3v) is 3.18. The van der Waals surface area contributed by atoms with Crippen molar-refractivity contribution in [3.8, 4) is 0 Å². The van der Waals surface area contributed by atoms with Crippen LogP contribution in [0.15, 0.2) is 12.5 Å². The number of carbonyl (C=O) groups excluding carboxylic acids is 1. The fourth-order valence-corrected chi connectivity index (χ4v) is 2.22. The second-order valence-electron chi connectivity index (χ2n) is 4.55. The fourth-order valence-electron chi connectivity index (χ4n) is 2.22. The maximum atomic E-state index is 11.3. The number of hydrogen-bond donors (Lipinski definition) is 4. The third-order valence-electron chi connectivity index (χ3n) is 3.18. The molecule has 0 saturated carbocycles. The van der Waals surface area contributed by atoms with Crippen molar-refractivity contribution in [1.29, 1.82) is 0 Å². The number of carboxylic acids is 1. The van der Waals surface area contributed by atoms with E-state index in [-0.39, 0.29) is 6.42 Å². The van der Waals surface area contributed by atoms with Crippen LogP contribution in [0.1, 0.15) is 18.5 Å². The molecule has 1 aliphatic rings. The summed E-state index contributed by atoms with van der Waals surface area (Å²) in [5.41, 5.74) is 8.88. The Hall–Kier alpha value is -1.93. The first-order valence-electron chi connectivity index (χ1n) is 6.10. The van der Waals surface area contributed by atoms with E-state index in [4.69, 9.17) is 5.73 Å². The SMILES string of the molecule is NC(=O)[C@@H]1CCCN1N[C@@H](Cc1cnc[nH]1)C(=O)O. The van der Waals surface area contributed by atoms with Crippen molar-refractivity contribution in [2.75, 3.05) is 6.54 Å². The topological polar surface area (TPSA) is 124 Å². The molecule has 0 aliphatic carbocycles. The number of nitrogens with one attached hydrogen (secondary N) is 2. The van der Waals surface area contributed by atoms with E-state index < -0.39 is 24.0 Å². The third kappa shape index (κ3) is 3.30. The maximum absolute atomic E-state index is 11.3. The van der Waals surface area contributed by atoms with Crippen LogP contribution in [0.5, 0.6) is 0 Å². The minimum atomic E-state index is -0.982. The number of imidazole rings is 1. The first-order valence-corrected chi connectivity index (χ1v) is 6.10. The molecule has 1 aliphatic heterocycles. The molecule has 8 heteroatoms. The van der Waals surface area contributed by atoms with Gasteiger partial charge in [-0.15, -0.1) is 0 Å². The molecule has 0 unspecified atom stereocenters. The van der Waals surface area contributed by atoms with Crippen LogP contribution >= 0.6 is 0 Å². The van der Waals surface area contributed by atoms with E-state index in [0.717, 1.165) is 12.1 Å². The van der Waals surface area contributed by atoms with Gasteiger partial charge in [-0.3, -0.25) is 9.59 Å². The van der Waals surface area contributed by atoms with Gasteiger partial charge in [0, 0.05) is 24.9 Å². The molecule has 1 saturated heterocycles. The number of carboxylic acid groups (broad SMARTS) is 1. The van der Waals surface area contributed by atoms with E-state index >= 15 is 0 Å². The number of carbonyl (C=O) groups is 2.